The number of carbonyl (C=O) groups is 1. The zero-order valence-corrected chi connectivity index (χ0v) is 11.4. The highest BCUT2D eigenvalue weighted by Gasteiger charge is 2.45. The number of rotatable bonds is 2. The van der Waals surface area contributed by atoms with Crippen molar-refractivity contribution in [3.05, 3.63) is 40.7 Å². The van der Waals surface area contributed by atoms with E-state index in [1.165, 1.54) is 11.3 Å². The lowest BCUT2D eigenvalue weighted by Crippen LogP contribution is -2.36. The summed E-state index contributed by atoms with van der Waals surface area (Å²) in [6.45, 7) is 0.580. The van der Waals surface area contributed by atoms with E-state index in [9.17, 15) is 9.90 Å². The molecule has 1 saturated heterocycles. The number of hydrogen-bond donors (Lipinski definition) is 1. The van der Waals surface area contributed by atoms with Crippen molar-refractivity contribution in [2.24, 2.45) is 0 Å². The van der Waals surface area contributed by atoms with Crippen LogP contribution in [-0.4, -0.2) is 34.5 Å². The Hall–Kier alpha value is -1.72. The van der Waals surface area contributed by atoms with Crippen LogP contribution < -0.4 is 0 Å². The molecule has 98 valence electrons. The second-order valence-electron chi connectivity index (χ2n) is 4.79. The fourth-order valence-electron chi connectivity index (χ4n) is 2.41. The van der Waals surface area contributed by atoms with Crippen molar-refractivity contribution < 1.29 is 9.90 Å². The maximum absolute atomic E-state index is 12.1. The molecule has 3 rings (SSSR count). The largest absolute Gasteiger partial charge is 0.375 e. The van der Waals surface area contributed by atoms with Gasteiger partial charge in [0.25, 0.3) is 5.91 Å². The van der Waals surface area contributed by atoms with Gasteiger partial charge in [-0.05, 0) is 11.6 Å². The molecule has 0 unspecified atom stereocenters. The minimum atomic E-state index is -1.39. The Morgan fingerprint density at radius 2 is 2.32 bits per heavy atom. The molecule has 1 atom stereocenters. The predicted molar refractivity (Wildman–Crippen MR) is 73.7 cm³/mol. The molecule has 2 aromatic rings. The second kappa shape index (κ2) is 4.43. The molecule has 1 aromatic carbocycles. The van der Waals surface area contributed by atoms with Crippen molar-refractivity contribution >= 4 is 17.2 Å². The first kappa shape index (κ1) is 12.3. The van der Waals surface area contributed by atoms with Crippen molar-refractivity contribution in [1.29, 1.82) is 0 Å². The van der Waals surface area contributed by atoms with Gasteiger partial charge in [-0.3, -0.25) is 4.79 Å². The van der Waals surface area contributed by atoms with Crippen LogP contribution in [0.25, 0.3) is 11.3 Å². The fraction of sp³-hybridized carbons (Fsp3) is 0.286. The van der Waals surface area contributed by atoms with Gasteiger partial charge in [-0.15, -0.1) is 11.3 Å². The number of carbonyl (C=O) groups excluding carboxylic acids is 1. The first-order valence-corrected chi connectivity index (χ1v) is 7.02. The van der Waals surface area contributed by atoms with Crippen LogP contribution in [-0.2, 0) is 10.4 Å². The molecule has 5 heteroatoms. The Kier molecular flexibility index (Phi) is 2.88. The third kappa shape index (κ3) is 1.95. The molecule has 1 amide bonds. The number of nitrogens with zero attached hydrogens (tertiary/aromatic N) is 2. The molecule has 1 fully saturated rings. The highest BCUT2D eigenvalue weighted by molar-refractivity contribution is 7.07. The first-order valence-electron chi connectivity index (χ1n) is 6.08. The Morgan fingerprint density at radius 3 is 2.95 bits per heavy atom. The third-order valence-electron chi connectivity index (χ3n) is 3.58. The van der Waals surface area contributed by atoms with E-state index >= 15 is 0 Å². The molecule has 0 radical (unpaired) electrons. The van der Waals surface area contributed by atoms with Gasteiger partial charge in [0.1, 0.15) is 0 Å². The SMILES string of the molecule is CN1CC[C@@](O)(c2cccc(-c3cscn3)c2)C1=O. The molecule has 0 saturated carbocycles. The summed E-state index contributed by atoms with van der Waals surface area (Å²) in [6.07, 6.45) is 0.433. The van der Waals surface area contributed by atoms with Gasteiger partial charge in [-0.25, -0.2) is 4.98 Å². The zero-order chi connectivity index (χ0) is 13.5. The smallest absolute Gasteiger partial charge is 0.258 e. The van der Waals surface area contributed by atoms with Crippen LogP contribution in [0.4, 0.5) is 0 Å². The molecule has 0 aliphatic carbocycles. The number of thiazole rings is 1. The summed E-state index contributed by atoms with van der Waals surface area (Å²) in [4.78, 5) is 17.9. The minimum absolute atomic E-state index is 0.233. The van der Waals surface area contributed by atoms with E-state index < -0.39 is 5.60 Å². The Labute approximate surface area is 115 Å². The molecule has 1 aliphatic heterocycles. The third-order valence-corrected chi connectivity index (χ3v) is 4.16. The molecule has 0 bridgehead atoms. The van der Waals surface area contributed by atoms with Gasteiger partial charge in [0.15, 0.2) is 5.60 Å². The maximum Gasteiger partial charge on any atom is 0.258 e. The van der Waals surface area contributed by atoms with Crippen LogP contribution in [0.3, 0.4) is 0 Å². The van der Waals surface area contributed by atoms with Crippen molar-refractivity contribution in [3.8, 4) is 11.3 Å². The fourth-order valence-corrected chi connectivity index (χ4v) is 2.97. The average Bonchev–Trinajstić information content (AvgIpc) is 3.05. The van der Waals surface area contributed by atoms with Crippen LogP contribution in [0, 0.1) is 0 Å². The summed E-state index contributed by atoms with van der Waals surface area (Å²) >= 11 is 1.52. The van der Waals surface area contributed by atoms with Gasteiger partial charge in [0.2, 0.25) is 0 Å². The van der Waals surface area contributed by atoms with E-state index in [4.69, 9.17) is 0 Å². The molecular formula is C14H14N2O2S. The van der Waals surface area contributed by atoms with Crippen molar-refractivity contribution in [2.75, 3.05) is 13.6 Å². The Balaban J connectivity index is 2.03. The van der Waals surface area contributed by atoms with Crippen LogP contribution in [0.15, 0.2) is 35.2 Å². The van der Waals surface area contributed by atoms with Gasteiger partial charge < -0.3 is 10.0 Å². The number of aliphatic hydroxyl groups is 1. The molecular weight excluding hydrogens is 260 g/mol. The lowest BCUT2D eigenvalue weighted by atomic mass is 9.91. The molecule has 1 aliphatic rings. The number of amides is 1. The monoisotopic (exact) mass is 274 g/mol. The van der Waals surface area contributed by atoms with Crippen molar-refractivity contribution in [3.63, 3.8) is 0 Å². The second-order valence-corrected chi connectivity index (χ2v) is 5.51. The van der Waals surface area contributed by atoms with E-state index in [2.05, 4.69) is 4.98 Å². The number of benzene rings is 1. The standard InChI is InChI=1S/C14H14N2O2S/c1-16-6-5-14(18,13(16)17)11-4-2-3-10(7-11)12-8-19-9-15-12/h2-4,7-9,18H,5-6H2,1H3/t14-/m1/s1. The van der Waals surface area contributed by atoms with E-state index in [0.29, 0.717) is 18.5 Å². The highest BCUT2D eigenvalue weighted by atomic mass is 32.1. The molecule has 19 heavy (non-hydrogen) atoms. The molecule has 2 heterocycles. The zero-order valence-electron chi connectivity index (χ0n) is 10.5. The van der Waals surface area contributed by atoms with Gasteiger partial charge in [0, 0.05) is 31.0 Å². The van der Waals surface area contributed by atoms with Crippen LogP contribution in [0.5, 0.6) is 0 Å². The van der Waals surface area contributed by atoms with Crippen molar-refractivity contribution in [2.45, 2.75) is 12.0 Å². The number of likely N-dealkylation sites (tertiary alicyclic amines) is 1. The van der Waals surface area contributed by atoms with Gasteiger partial charge in [-0.1, -0.05) is 18.2 Å². The van der Waals surface area contributed by atoms with Crippen LogP contribution in [0.2, 0.25) is 0 Å². The maximum atomic E-state index is 12.1. The highest BCUT2D eigenvalue weighted by Crippen LogP contribution is 2.34. The summed E-state index contributed by atoms with van der Waals surface area (Å²) in [5.41, 5.74) is 2.82. The molecule has 0 spiro atoms. The van der Waals surface area contributed by atoms with Gasteiger partial charge >= 0.3 is 0 Å². The lowest BCUT2D eigenvalue weighted by molar-refractivity contribution is -0.143. The van der Waals surface area contributed by atoms with E-state index in [0.717, 1.165) is 11.3 Å². The predicted octanol–water partition coefficient (Wildman–Crippen LogP) is 1.86. The number of hydrogen-bond acceptors (Lipinski definition) is 4. The topological polar surface area (TPSA) is 53.4 Å². The average molecular weight is 274 g/mol. The Bertz CT molecular complexity index is 612. The van der Waals surface area contributed by atoms with Crippen LogP contribution >= 0.6 is 11.3 Å². The number of aromatic nitrogens is 1. The summed E-state index contributed by atoms with van der Waals surface area (Å²) in [7, 11) is 1.71. The van der Waals surface area contributed by atoms with Crippen molar-refractivity contribution in [1.82, 2.24) is 9.88 Å². The summed E-state index contributed by atoms with van der Waals surface area (Å²) in [5, 5.41) is 12.6. The summed E-state index contributed by atoms with van der Waals surface area (Å²) in [6, 6.07) is 7.44. The van der Waals surface area contributed by atoms with E-state index in [1.807, 2.05) is 23.6 Å². The minimum Gasteiger partial charge on any atom is -0.375 e. The number of likely N-dealkylation sites (N-methyl/N-ethyl adjacent to an activating group) is 1. The first-order chi connectivity index (χ1) is 9.11. The normalized spacial score (nSPS) is 23.1. The molecule has 1 N–H and O–H groups in total. The van der Waals surface area contributed by atoms with E-state index in [-0.39, 0.29) is 5.91 Å². The quantitative estimate of drug-likeness (QED) is 0.909. The summed E-state index contributed by atoms with van der Waals surface area (Å²) in [5.74, 6) is -0.233. The Morgan fingerprint density at radius 1 is 1.47 bits per heavy atom. The van der Waals surface area contributed by atoms with E-state index in [1.54, 1.807) is 23.5 Å². The molecule has 4 nitrogen and oxygen atoms in total. The lowest BCUT2D eigenvalue weighted by Gasteiger charge is -2.21. The molecule has 1 aromatic heterocycles. The van der Waals surface area contributed by atoms with Gasteiger partial charge in [0.05, 0.1) is 11.2 Å². The van der Waals surface area contributed by atoms with Gasteiger partial charge in [-0.2, -0.15) is 0 Å². The summed E-state index contributed by atoms with van der Waals surface area (Å²) < 4.78 is 0. The van der Waals surface area contributed by atoms with Crippen LogP contribution in [0.1, 0.15) is 12.0 Å².